The highest BCUT2D eigenvalue weighted by Crippen LogP contribution is 2.11. The fraction of sp³-hybridized carbons (Fsp3) is 0.667. The van der Waals surface area contributed by atoms with Gasteiger partial charge in [0.05, 0.1) is 13.2 Å². The Morgan fingerprint density at radius 3 is 3.00 bits per heavy atom. The lowest BCUT2D eigenvalue weighted by Gasteiger charge is -2.25. The third kappa shape index (κ3) is 1.32. The van der Waals surface area contributed by atoms with E-state index < -0.39 is 0 Å². The van der Waals surface area contributed by atoms with Crippen LogP contribution in [0.25, 0.3) is 0 Å². The van der Waals surface area contributed by atoms with E-state index in [2.05, 4.69) is 6.58 Å². The average Bonchev–Trinajstić information content (AvgIpc) is 1.63. The molecule has 1 atom stereocenters. The van der Waals surface area contributed by atoms with Crippen molar-refractivity contribution in [1.82, 2.24) is 0 Å². The molecule has 0 aromatic heterocycles. The third-order valence-electron chi connectivity index (χ3n) is 1.06. The maximum absolute atomic E-state index is 5.09. The Morgan fingerprint density at radius 2 is 2.62 bits per heavy atom. The minimum Gasteiger partial charge on any atom is -0.352 e. The molecule has 0 bridgehead atoms. The summed E-state index contributed by atoms with van der Waals surface area (Å²) >= 11 is 0. The second kappa shape index (κ2) is 2.84. The van der Waals surface area contributed by atoms with Crippen molar-refractivity contribution in [3.63, 3.8) is 0 Å². The molecule has 8 heavy (non-hydrogen) atoms. The van der Waals surface area contributed by atoms with Gasteiger partial charge in [0.1, 0.15) is 0 Å². The van der Waals surface area contributed by atoms with Crippen molar-refractivity contribution >= 4 is 0 Å². The number of ether oxygens (including phenoxy) is 2. The fourth-order valence-electron chi connectivity index (χ4n) is 0.521. The van der Waals surface area contributed by atoms with E-state index in [9.17, 15) is 0 Å². The maximum atomic E-state index is 5.09. The van der Waals surface area contributed by atoms with Gasteiger partial charge < -0.3 is 9.47 Å². The van der Waals surface area contributed by atoms with Gasteiger partial charge >= 0.3 is 0 Å². The van der Waals surface area contributed by atoms with Gasteiger partial charge in [-0.3, -0.25) is 0 Å². The first kappa shape index (κ1) is 5.79. The zero-order chi connectivity index (χ0) is 5.82. The van der Waals surface area contributed by atoms with Gasteiger partial charge in [-0.1, -0.05) is 6.08 Å². The zero-order valence-electron chi connectivity index (χ0n) is 4.80. The van der Waals surface area contributed by atoms with E-state index in [1.54, 1.807) is 6.08 Å². The first-order valence-electron chi connectivity index (χ1n) is 2.77. The van der Waals surface area contributed by atoms with Crippen molar-refractivity contribution in [2.24, 2.45) is 0 Å². The van der Waals surface area contributed by atoms with Crippen LogP contribution >= 0.6 is 0 Å². The van der Waals surface area contributed by atoms with Gasteiger partial charge in [0.25, 0.3) is 0 Å². The number of hydrogen-bond acceptors (Lipinski definition) is 2. The van der Waals surface area contributed by atoms with Crippen LogP contribution in [0.3, 0.4) is 0 Å². The van der Waals surface area contributed by atoms with Crippen LogP contribution in [-0.4, -0.2) is 19.5 Å². The van der Waals surface area contributed by atoms with Crippen LogP contribution < -0.4 is 0 Å². The van der Waals surface area contributed by atoms with Crippen molar-refractivity contribution in [2.45, 2.75) is 12.7 Å². The fourth-order valence-corrected chi connectivity index (χ4v) is 0.521. The highest BCUT2D eigenvalue weighted by atomic mass is 16.7. The van der Waals surface area contributed by atoms with E-state index in [4.69, 9.17) is 9.47 Å². The standard InChI is InChI=1S/C6H10O2/c1-2-4-7-6-3-5-8-6/h2,6H,1,3-5H2. The summed E-state index contributed by atoms with van der Waals surface area (Å²) in [5, 5.41) is 0. The summed E-state index contributed by atoms with van der Waals surface area (Å²) in [4.78, 5) is 0. The van der Waals surface area contributed by atoms with Gasteiger partial charge in [-0.15, -0.1) is 6.58 Å². The molecular weight excluding hydrogens is 104 g/mol. The molecule has 2 nitrogen and oxygen atoms in total. The molecule has 0 aromatic rings. The van der Waals surface area contributed by atoms with Crippen molar-refractivity contribution in [2.75, 3.05) is 13.2 Å². The van der Waals surface area contributed by atoms with Gasteiger partial charge in [-0.25, -0.2) is 0 Å². The first-order chi connectivity index (χ1) is 3.93. The van der Waals surface area contributed by atoms with Crippen molar-refractivity contribution in [3.8, 4) is 0 Å². The normalized spacial score (nSPS) is 26.8. The second-order valence-corrected chi connectivity index (χ2v) is 1.71. The second-order valence-electron chi connectivity index (χ2n) is 1.71. The monoisotopic (exact) mass is 114 g/mol. The van der Waals surface area contributed by atoms with E-state index in [1.807, 2.05) is 0 Å². The Hall–Kier alpha value is -0.340. The topological polar surface area (TPSA) is 18.5 Å². The van der Waals surface area contributed by atoms with Gasteiger partial charge in [-0.2, -0.15) is 0 Å². The molecule has 0 saturated carbocycles. The molecule has 0 amide bonds. The highest BCUT2D eigenvalue weighted by molar-refractivity contribution is 4.66. The largest absolute Gasteiger partial charge is 0.352 e. The summed E-state index contributed by atoms with van der Waals surface area (Å²) in [6.07, 6.45) is 2.82. The van der Waals surface area contributed by atoms with Gasteiger partial charge in [-0.05, 0) is 0 Å². The molecule has 1 heterocycles. The molecule has 0 radical (unpaired) electrons. The Labute approximate surface area is 49.1 Å². The first-order valence-corrected chi connectivity index (χ1v) is 2.77. The lowest BCUT2D eigenvalue weighted by molar-refractivity contribution is -0.208. The molecule has 0 aliphatic carbocycles. The van der Waals surface area contributed by atoms with E-state index in [-0.39, 0.29) is 6.29 Å². The summed E-state index contributed by atoms with van der Waals surface area (Å²) in [6, 6.07) is 0. The molecule has 1 unspecified atom stereocenters. The van der Waals surface area contributed by atoms with E-state index in [0.717, 1.165) is 13.0 Å². The van der Waals surface area contributed by atoms with Crippen LogP contribution in [0.1, 0.15) is 6.42 Å². The Balaban J connectivity index is 1.93. The molecule has 0 N–H and O–H groups in total. The van der Waals surface area contributed by atoms with Crippen LogP contribution in [0.2, 0.25) is 0 Å². The van der Waals surface area contributed by atoms with Crippen LogP contribution in [0.4, 0.5) is 0 Å². The maximum Gasteiger partial charge on any atom is 0.160 e. The number of hydrogen-bond donors (Lipinski definition) is 0. The van der Waals surface area contributed by atoms with E-state index >= 15 is 0 Å². The summed E-state index contributed by atoms with van der Waals surface area (Å²) in [5.74, 6) is 0. The van der Waals surface area contributed by atoms with Crippen LogP contribution in [-0.2, 0) is 9.47 Å². The van der Waals surface area contributed by atoms with Gasteiger partial charge in [0.15, 0.2) is 6.29 Å². The molecule has 1 saturated heterocycles. The predicted octanol–water partition coefficient (Wildman–Crippen LogP) is 0.935. The van der Waals surface area contributed by atoms with Crippen molar-refractivity contribution in [3.05, 3.63) is 12.7 Å². The molecule has 0 spiro atoms. The molecule has 1 aliphatic rings. The van der Waals surface area contributed by atoms with Gasteiger partial charge in [0.2, 0.25) is 0 Å². The summed E-state index contributed by atoms with van der Waals surface area (Å²) in [5.41, 5.74) is 0. The molecule has 46 valence electrons. The zero-order valence-corrected chi connectivity index (χ0v) is 4.80. The molecule has 1 rings (SSSR count). The predicted molar refractivity (Wildman–Crippen MR) is 30.5 cm³/mol. The quantitative estimate of drug-likeness (QED) is 0.508. The van der Waals surface area contributed by atoms with Crippen molar-refractivity contribution < 1.29 is 9.47 Å². The Bertz CT molecular complexity index is 76.6. The van der Waals surface area contributed by atoms with Crippen LogP contribution in [0.15, 0.2) is 12.7 Å². The summed E-state index contributed by atoms with van der Waals surface area (Å²) in [7, 11) is 0. The lowest BCUT2D eigenvalue weighted by atomic mass is 10.3. The summed E-state index contributed by atoms with van der Waals surface area (Å²) < 4.78 is 10.0. The van der Waals surface area contributed by atoms with Crippen LogP contribution in [0, 0.1) is 0 Å². The molecule has 2 heteroatoms. The average molecular weight is 114 g/mol. The molecule has 1 fully saturated rings. The SMILES string of the molecule is C=CCOC1CCO1. The van der Waals surface area contributed by atoms with Gasteiger partial charge in [0, 0.05) is 6.42 Å². The molecule has 0 aromatic carbocycles. The Morgan fingerprint density at radius 1 is 1.88 bits per heavy atom. The number of rotatable bonds is 3. The Kier molecular flexibility index (Phi) is 2.06. The molecule has 1 aliphatic heterocycles. The highest BCUT2D eigenvalue weighted by Gasteiger charge is 2.16. The smallest absolute Gasteiger partial charge is 0.160 e. The minimum absolute atomic E-state index is 0.0630. The third-order valence-corrected chi connectivity index (χ3v) is 1.06. The molecular formula is C6H10O2. The van der Waals surface area contributed by atoms with Crippen LogP contribution in [0.5, 0.6) is 0 Å². The lowest BCUT2D eigenvalue weighted by Crippen LogP contribution is -2.29. The summed E-state index contributed by atoms with van der Waals surface area (Å²) in [6.45, 7) is 4.96. The van der Waals surface area contributed by atoms with E-state index in [1.165, 1.54) is 0 Å². The van der Waals surface area contributed by atoms with E-state index in [0.29, 0.717) is 6.61 Å². The van der Waals surface area contributed by atoms with Crippen molar-refractivity contribution in [1.29, 1.82) is 0 Å². The minimum atomic E-state index is 0.0630.